The van der Waals surface area contributed by atoms with Crippen LogP contribution < -0.4 is 4.90 Å². The summed E-state index contributed by atoms with van der Waals surface area (Å²) in [5.74, 6) is 0.709. The van der Waals surface area contributed by atoms with Crippen LogP contribution in [0.5, 0.6) is 0 Å². The van der Waals surface area contributed by atoms with E-state index in [4.69, 9.17) is 16.3 Å². The van der Waals surface area contributed by atoms with E-state index >= 15 is 0 Å². The molecule has 1 aromatic rings. The Kier molecular flexibility index (Phi) is 4.90. The van der Waals surface area contributed by atoms with Crippen molar-refractivity contribution >= 4 is 27.3 Å². The first-order chi connectivity index (χ1) is 12.4. The van der Waals surface area contributed by atoms with E-state index in [9.17, 15) is 8.42 Å². The number of hydrogen-bond acceptors (Lipinski definition) is 6. The fourth-order valence-corrected chi connectivity index (χ4v) is 7.19. The summed E-state index contributed by atoms with van der Waals surface area (Å²) in [6.07, 6.45) is 5.96. The van der Waals surface area contributed by atoms with Crippen LogP contribution in [0.25, 0.3) is 0 Å². The highest BCUT2D eigenvalue weighted by Crippen LogP contribution is 2.55. The smallest absolute Gasteiger partial charge is 0.224 e. The van der Waals surface area contributed by atoms with Gasteiger partial charge in [0.1, 0.15) is 10.6 Å². The Balaban J connectivity index is 1.69. The van der Waals surface area contributed by atoms with E-state index in [0.717, 1.165) is 38.6 Å². The van der Waals surface area contributed by atoms with Gasteiger partial charge in [0.05, 0.1) is 30.2 Å². The van der Waals surface area contributed by atoms with Gasteiger partial charge < -0.3 is 9.64 Å². The van der Waals surface area contributed by atoms with Gasteiger partial charge >= 0.3 is 0 Å². The van der Waals surface area contributed by atoms with Crippen LogP contribution in [0.4, 0.5) is 5.82 Å². The number of sulfone groups is 1. The Labute approximate surface area is 160 Å². The SMILES string of the molecule is C[C@H]1COCCN1c1cc(C2(S(=O)(=O)C3CCCCC3)CC2)nc(Cl)n1. The molecule has 3 aliphatic rings. The number of rotatable bonds is 4. The van der Waals surface area contributed by atoms with Gasteiger partial charge in [-0.05, 0) is 44.2 Å². The number of anilines is 1. The van der Waals surface area contributed by atoms with Crippen molar-refractivity contribution in [3.05, 3.63) is 17.0 Å². The minimum atomic E-state index is -3.27. The molecule has 6 nitrogen and oxygen atoms in total. The average molecular weight is 400 g/mol. The molecular weight excluding hydrogens is 374 g/mol. The zero-order valence-electron chi connectivity index (χ0n) is 15.2. The fourth-order valence-electron chi connectivity index (χ4n) is 4.35. The molecule has 4 rings (SSSR count). The Bertz CT molecular complexity index is 776. The monoisotopic (exact) mass is 399 g/mol. The van der Waals surface area contributed by atoms with Crippen molar-refractivity contribution < 1.29 is 13.2 Å². The molecule has 8 heteroatoms. The molecule has 0 amide bonds. The summed E-state index contributed by atoms with van der Waals surface area (Å²) in [6.45, 7) is 4.05. The summed E-state index contributed by atoms with van der Waals surface area (Å²) >= 11 is 6.21. The molecule has 1 aliphatic heterocycles. The van der Waals surface area contributed by atoms with Crippen LogP contribution in [0.3, 0.4) is 0 Å². The fraction of sp³-hybridized carbons (Fsp3) is 0.778. The highest BCUT2D eigenvalue weighted by molar-refractivity contribution is 7.93. The van der Waals surface area contributed by atoms with E-state index in [1.165, 1.54) is 0 Å². The topological polar surface area (TPSA) is 72.4 Å². The largest absolute Gasteiger partial charge is 0.377 e. The third-order valence-electron chi connectivity index (χ3n) is 6.05. The lowest BCUT2D eigenvalue weighted by atomic mass is 10.0. The molecule has 0 N–H and O–H groups in total. The lowest BCUT2D eigenvalue weighted by Crippen LogP contribution is -2.44. The molecule has 144 valence electrons. The van der Waals surface area contributed by atoms with Crippen molar-refractivity contribution in [2.24, 2.45) is 0 Å². The van der Waals surface area contributed by atoms with Crippen molar-refractivity contribution in [1.82, 2.24) is 9.97 Å². The van der Waals surface area contributed by atoms with Crippen LogP contribution in [0.15, 0.2) is 6.07 Å². The molecule has 2 aliphatic carbocycles. The van der Waals surface area contributed by atoms with Crippen LogP contribution in [-0.4, -0.2) is 49.4 Å². The van der Waals surface area contributed by atoms with Crippen molar-refractivity contribution in [2.75, 3.05) is 24.7 Å². The molecule has 2 saturated carbocycles. The lowest BCUT2D eigenvalue weighted by molar-refractivity contribution is 0.0985. The Hall–Kier alpha value is -0.920. The minimum absolute atomic E-state index is 0.126. The van der Waals surface area contributed by atoms with Gasteiger partial charge in [0.15, 0.2) is 9.84 Å². The van der Waals surface area contributed by atoms with Gasteiger partial charge in [-0.2, -0.15) is 0 Å². The number of nitrogens with zero attached hydrogens (tertiary/aromatic N) is 3. The summed E-state index contributed by atoms with van der Waals surface area (Å²) in [7, 11) is -3.27. The second kappa shape index (κ2) is 6.91. The van der Waals surface area contributed by atoms with Crippen LogP contribution in [0.2, 0.25) is 5.28 Å². The maximum absolute atomic E-state index is 13.4. The zero-order valence-corrected chi connectivity index (χ0v) is 16.7. The lowest BCUT2D eigenvalue weighted by Gasteiger charge is -2.34. The summed E-state index contributed by atoms with van der Waals surface area (Å²) < 4.78 is 31.4. The van der Waals surface area contributed by atoms with Crippen molar-refractivity contribution in [3.8, 4) is 0 Å². The van der Waals surface area contributed by atoms with Crippen LogP contribution in [0, 0.1) is 0 Å². The Morgan fingerprint density at radius 2 is 1.96 bits per heavy atom. The maximum Gasteiger partial charge on any atom is 0.224 e. The van der Waals surface area contributed by atoms with Gasteiger partial charge in [-0.1, -0.05) is 19.3 Å². The van der Waals surface area contributed by atoms with Crippen molar-refractivity contribution in [2.45, 2.75) is 67.9 Å². The molecule has 1 atom stereocenters. The van der Waals surface area contributed by atoms with Crippen molar-refractivity contribution in [3.63, 3.8) is 0 Å². The predicted molar refractivity (Wildman–Crippen MR) is 101 cm³/mol. The van der Waals surface area contributed by atoms with E-state index in [1.54, 1.807) is 0 Å². The third kappa shape index (κ3) is 3.12. The summed E-state index contributed by atoms with van der Waals surface area (Å²) in [4.78, 5) is 10.9. The van der Waals surface area contributed by atoms with Gasteiger partial charge in [0.2, 0.25) is 5.28 Å². The molecule has 0 aromatic carbocycles. The second-order valence-electron chi connectivity index (χ2n) is 7.80. The number of aromatic nitrogens is 2. The van der Waals surface area contributed by atoms with Gasteiger partial charge in [0, 0.05) is 12.6 Å². The summed E-state index contributed by atoms with van der Waals surface area (Å²) in [6, 6.07) is 2.02. The van der Waals surface area contributed by atoms with E-state index in [-0.39, 0.29) is 16.6 Å². The van der Waals surface area contributed by atoms with Crippen LogP contribution in [0.1, 0.15) is 57.6 Å². The summed E-state index contributed by atoms with van der Waals surface area (Å²) in [5.41, 5.74) is 0.580. The quantitative estimate of drug-likeness (QED) is 0.724. The van der Waals surface area contributed by atoms with Gasteiger partial charge in [0.25, 0.3) is 0 Å². The first-order valence-corrected chi connectivity index (χ1v) is 11.5. The van der Waals surface area contributed by atoms with Gasteiger partial charge in [-0.15, -0.1) is 0 Å². The van der Waals surface area contributed by atoms with E-state index in [1.807, 2.05) is 6.07 Å². The molecule has 2 heterocycles. The van der Waals surface area contributed by atoms with E-state index < -0.39 is 14.6 Å². The highest BCUT2D eigenvalue weighted by atomic mass is 35.5. The maximum atomic E-state index is 13.4. The molecule has 26 heavy (non-hydrogen) atoms. The summed E-state index contributed by atoms with van der Waals surface area (Å²) in [5, 5.41) is -0.112. The molecule has 0 unspecified atom stereocenters. The first-order valence-electron chi connectivity index (χ1n) is 9.57. The van der Waals surface area contributed by atoms with Gasteiger partial charge in [-0.3, -0.25) is 0 Å². The first kappa shape index (κ1) is 18.4. The van der Waals surface area contributed by atoms with Gasteiger partial charge in [-0.25, -0.2) is 18.4 Å². The number of ether oxygens (including phenoxy) is 1. The average Bonchev–Trinajstić information content (AvgIpc) is 3.45. The number of morpholine rings is 1. The number of halogens is 1. The van der Waals surface area contributed by atoms with Crippen LogP contribution in [-0.2, 0) is 19.3 Å². The van der Waals surface area contributed by atoms with Crippen molar-refractivity contribution in [1.29, 1.82) is 0 Å². The Morgan fingerprint density at radius 1 is 1.23 bits per heavy atom. The third-order valence-corrected chi connectivity index (χ3v) is 9.28. The van der Waals surface area contributed by atoms with E-state index in [0.29, 0.717) is 37.6 Å². The van der Waals surface area contributed by atoms with E-state index in [2.05, 4.69) is 21.8 Å². The molecule has 1 aromatic heterocycles. The second-order valence-corrected chi connectivity index (χ2v) is 10.7. The zero-order chi connectivity index (χ0) is 18.4. The molecule has 0 bridgehead atoms. The molecule has 3 fully saturated rings. The molecule has 0 spiro atoms. The minimum Gasteiger partial charge on any atom is -0.377 e. The normalized spacial score (nSPS) is 26.7. The highest BCUT2D eigenvalue weighted by Gasteiger charge is 2.59. The number of hydrogen-bond donors (Lipinski definition) is 0. The van der Waals surface area contributed by atoms with Crippen LogP contribution >= 0.6 is 11.6 Å². The Morgan fingerprint density at radius 3 is 2.62 bits per heavy atom. The predicted octanol–water partition coefficient (Wildman–Crippen LogP) is 3.09. The molecular formula is C18H26ClN3O3S. The standard InChI is InChI=1S/C18H26ClN3O3S/c1-13-12-25-10-9-22(13)16-11-15(20-17(19)21-16)18(7-8-18)26(23,24)14-5-3-2-4-6-14/h11,13-14H,2-10,12H2,1H3/t13-/m0/s1. The molecule has 1 saturated heterocycles. The molecule has 0 radical (unpaired) electrons.